The van der Waals surface area contributed by atoms with Crippen molar-refractivity contribution in [1.29, 1.82) is 0 Å². The lowest BCUT2D eigenvalue weighted by Gasteiger charge is -2.09. The van der Waals surface area contributed by atoms with Crippen molar-refractivity contribution in [2.75, 3.05) is 19.0 Å². The lowest BCUT2D eigenvalue weighted by Crippen LogP contribution is -2.21. The molecule has 0 spiro atoms. The van der Waals surface area contributed by atoms with Gasteiger partial charge in [0.25, 0.3) is 11.6 Å². The van der Waals surface area contributed by atoms with Crippen LogP contribution in [-0.2, 0) is 9.53 Å². The number of esters is 1. The van der Waals surface area contributed by atoms with E-state index in [-0.39, 0.29) is 27.7 Å². The zero-order valence-electron chi connectivity index (χ0n) is 13.4. The lowest BCUT2D eigenvalue weighted by atomic mass is 10.2. The number of methoxy groups -OCH3 is 1. The maximum Gasteiger partial charge on any atom is 0.342 e. The molecule has 0 saturated heterocycles. The van der Waals surface area contributed by atoms with Gasteiger partial charge in [-0.25, -0.2) is 4.79 Å². The molecule has 0 fully saturated rings. The standard InChI is InChI=1S/C16H13ClN2O7/c1-25-10-3-4-11(14(20)7-10)16(22)26-8-15(21)18-12-6-9(17)2-5-13(12)19(23)24/h2-7,20H,8H2,1H3,(H,18,21). The fourth-order valence-electron chi connectivity index (χ4n) is 1.97. The van der Waals surface area contributed by atoms with Gasteiger partial charge < -0.3 is 19.9 Å². The van der Waals surface area contributed by atoms with E-state index in [4.69, 9.17) is 21.1 Å². The first-order valence-corrected chi connectivity index (χ1v) is 7.47. The Kier molecular flexibility index (Phi) is 5.97. The van der Waals surface area contributed by atoms with Crippen molar-refractivity contribution in [3.05, 3.63) is 57.1 Å². The molecule has 0 aromatic heterocycles. The molecule has 9 nitrogen and oxygen atoms in total. The van der Waals surface area contributed by atoms with Crippen LogP contribution in [0, 0.1) is 10.1 Å². The summed E-state index contributed by atoms with van der Waals surface area (Å²) >= 11 is 5.76. The summed E-state index contributed by atoms with van der Waals surface area (Å²) in [6.45, 7) is -0.714. The predicted molar refractivity (Wildman–Crippen MR) is 91.7 cm³/mol. The van der Waals surface area contributed by atoms with Crippen LogP contribution >= 0.6 is 11.6 Å². The normalized spacial score (nSPS) is 10.1. The third-order valence-corrected chi connectivity index (χ3v) is 3.42. The number of carbonyl (C=O) groups is 2. The Balaban J connectivity index is 2.02. The van der Waals surface area contributed by atoms with Crippen molar-refractivity contribution in [2.45, 2.75) is 0 Å². The Labute approximate surface area is 152 Å². The number of hydrogen-bond donors (Lipinski definition) is 2. The summed E-state index contributed by atoms with van der Waals surface area (Å²) in [5.41, 5.74) is -0.648. The van der Waals surface area contributed by atoms with Crippen LogP contribution < -0.4 is 10.1 Å². The van der Waals surface area contributed by atoms with E-state index < -0.39 is 23.4 Å². The maximum atomic E-state index is 11.9. The van der Waals surface area contributed by atoms with Gasteiger partial charge in [-0.2, -0.15) is 0 Å². The highest BCUT2D eigenvalue weighted by molar-refractivity contribution is 6.31. The number of rotatable bonds is 6. The van der Waals surface area contributed by atoms with Crippen LogP contribution in [0.25, 0.3) is 0 Å². The van der Waals surface area contributed by atoms with Crippen LogP contribution in [0.1, 0.15) is 10.4 Å². The van der Waals surface area contributed by atoms with Gasteiger partial charge in [0.1, 0.15) is 22.7 Å². The first kappa shape index (κ1) is 19.0. The van der Waals surface area contributed by atoms with Crippen molar-refractivity contribution < 1.29 is 29.1 Å². The molecule has 0 atom stereocenters. The molecule has 136 valence electrons. The summed E-state index contributed by atoms with van der Waals surface area (Å²) < 4.78 is 9.68. The number of hydrogen-bond acceptors (Lipinski definition) is 7. The quantitative estimate of drug-likeness (QED) is 0.448. The van der Waals surface area contributed by atoms with Crippen LogP contribution in [0.4, 0.5) is 11.4 Å². The summed E-state index contributed by atoms with van der Waals surface area (Å²) in [6.07, 6.45) is 0. The summed E-state index contributed by atoms with van der Waals surface area (Å²) in [6, 6.07) is 7.57. The van der Waals surface area contributed by atoms with Crippen molar-refractivity contribution in [1.82, 2.24) is 0 Å². The molecule has 0 bridgehead atoms. The van der Waals surface area contributed by atoms with Gasteiger partial charge in [0.15, 0.2) is 6.61 Å². The molecule has 10 heteroatoms. The number of anilines is 1. The predicted octanol–water partition coefficient (Wildman–Crippen LogP) is 2.76. The first-order valence-electron chi connectivity index (χ1n) is 7.09. The number of phenols is 1. The number of nitrogens with zero attached hydrogens (tertiary/aromatic N) is 1. The molecule has 2 aromatic rings. The molecule has 0 heterocycles. The maximum absolute atomic E-state index is 11.9. The number of aromatic hydroxyl groups is 1. The Morgan fingerprint density at radius 2 is 2.00 bits per heavy atom. The van der Waals surface area contributed by atoms with E-state index in [2.05, 4.69) is 5.32 Å². The number of nitrogens with one attached hydrogen (secondary N) is 1. The van der Waals surface area contributed by atoms with Gasteiger partial charge in [0.05, 0.1) is 12.0 Å². The minimum absolute atomic E-state index is 0.129. The Bertz CT molecular complexity index is 870. The second kappa shape index (κ2) is 8.17. The first-order chi connectivity index (χ1) is 12.3. The van der Waals surface area contributed by atoms with Crippen LogP contribution in [0.5, 0.6) is 11.5 Å². The van der Waals surface area contributed by atoms with E-state index >= 15 is 0 Å². The second-order valence-corrected chi connectivity index (χ2v) is 5.36. The Morgan fingerprint density at radius 1 is 1.27 bits per heavy atom. The van der Waals surface area contributed by atoms with Gasteiger partial charge in [-0.3, -0.25) is 14.9 Å². The fraction of sp³-hybridized carbons (Fsp3) is 0.125. The van der Waals surface area contributed by atoms with Crippen molar-refractivity contribution in [3.8, 4) is 11.5 Å². The smallest absolute Gasteiger partial charge is 0.342 e. The Hall–Kier alpha value is -3.33. The van der Waals surface area contributed by atoms with Gasteiger partial charge in [0, 0.05) is 17.2 Å². The monoisotopic (exact) mass is 380 g/mol. The SMILES string of the molecule is COc1ccc(C(=O)OCC(=O)Nc2cc(Cl)ccc2[N+](=O)[O-])c(O)c1. The van der Waals surface area contributed by atoms with Crippen molar-refractivity contribution >= 4 is 34.9 Å². The molecule has 2 rings (SSSR count). The summed E-state index contributed by atoms with van der Waals surface area (Å²) in [5, 5.41) is 23.1. The number of benzene rings is 2. The number of amides is 1. The van der Waals surface area contributed by atoms with Gasteiger partial charge in [-0.15, -0.1) is 0 Å². The lowest BCUT2D eigenvalue weighted by molar-refractivity contribution is -0.383. The third-order valence-electron chi connectivity index (χ3n) is 3.19. The van der Waals surface area contributed by atoms with E-state index in [1.165, 1.54) is 37.4 Å². The molecular weight excluding hydrogens is 368 g/mol. The molecule has 2 N–H and O–H groups in total. The van der Waals surface area contributed by atoms with Crippen LogP contribution in [0.2, 0.25) is 5.02 Å². The molecule has 26 heavy (non-hydrogen) atoms. The van der Waals surface area contributed by atoms with Gasteiger partial charge in [0.2, 0.25) is 0 Å². The summed E-state index contributed by atoms with van der Waals surface area (Å²) in [7, 11) is 1.39. The molecule has 1 amide bonds. The minimum Gasteiger partial charge on any atom is -0.507 e. The second-order valence-electron chi connectivity index (χ2n) is 4.93. The average molecular weight is 381 g/mol. The van der Waals surface area contributed by atoms with Crippen molar-refractivity contribution in [3.63, 3.8) is 0 Å². The van der Waals surface area contributed by atoms with E-state index in [1.54, 1.807) is 0 Å². The number of nitro groups is 1. The summed E-state index contributed by atoms with van der Waals surface area (Å²) in [4.78, 5) is 34.1. The number of carbonyl (C=O) groups excluding carboxylic acids is 2. The van der Waals surface area contributed by atoms with E-state index in [0.717, 1.165) is 6.07 Å². The molecule has 0 aliphatic heterocycles. The number of ether oxygens (including phenoxy) is 2. The number of nitro benzene ring substituents is 1. The molecule has 0 aliphatic rings. The molecular formula is C16H13ClN2O7. The molecule has 2 aromatic carbocycles. The average Bonchev–Trinajstić information content (AvgIpc) is 2.59. The largest absolute Gasteiger partial charge is 0.507 e. The number of phenolic OH excluding ortho intramolecular Hbond substituents is 1. The molecule has 0 unspecified atom stereocenters. The molecule has 0 saturated carbocycles. The van der Waals surface area contributed by atoms with Crippen LogP contribution in [-0.4, -0.2) is 35.6 Å². The summed E-state index contributed by atoms with van der Waals surface area (Å²) in [5.74, 6) is -1.79. The minimum atomic E-state index is -0.944. The topological polar surface area (TPSA) is 128 Å². The zero-order chi connectivity index (χ0) is 19.3. The highest BCUT2D eigenvalue weighted by Gasteiger charge is 2.19. The van der Waals surface area contributed by atoms with E-state index in [0.29, 0.717) is 5.75 Å². The number of halogens is 1. The fourth-order valence-corrected chi connectivity index (χ4v) is 2.15. The zero-order valence-corrected chi connectivity index (χ0v) is 14.1. The van der Waals surface area contributed by atoms with Gasteiger partial charge in [-0.05, 0) is 24.3 Å². The molecule has 0 aliphatic carbocycles. The van der Waals surface area contributed by atoms with E-state index in [9.17, 15) is 24.8 Å². The van der Waals surface area contributed by atoms with E-state index in [1.807, 2.05) is 0 Å². The van der Waals surface area contributed by atoms with Crippen LogP contribution in [0.3, 0.4) is 0 Å². The van der Waals surface area contributed by atoms with Gasteiger partial charge >= 0.3 is 5.97 Å². The third kappa shape index (κ3) is 4.61. The van der Waals surface area contributed by atoms with Gasteiger partial charge in [-0.1, -0.05) is 11.6 Å². The highest BCUT2D eigenvalue weighted by atomic mass is 35.5. The van der Waals surface area contributed by atoms with Crippen molar-refractivity contribution in [2.24, 2.45) is 0 Å². The Morgan fingerprint density at radius 3 is 2.62 bits per heavy atom. The highest BCUT2D eigenvalue weighted by Crippen LogP contribution is 2.27. The molecule has 0 radical (unpaired) electrons. The van der Waals surface area contributed by atoms with Crippen LogP contribution in [0.15, 0.2) is 36.4 Å².